The van der Waals surface area contributed by atoms with Gasteiger partial charge in [0.25, 0.3) is 5.91 Å². The Morgan fingerprint density at radius 3 is 2.39 bits per heavy atom. The highest BCUT2D eigenvalue weighted by atomic mass is 16.2. The van der Waals surface area contributed by atoms with Crippen molar-refractivity contribution in [3.63, 3.8) is 0 Å². The molecule has 1 aromatic heterocycles. The van der Waals surface area contributed by atoms with E-state index >= 15 is 0 Å². The number of hydrogen-bond acceptors (Lipinski definition) is 2. The fraction of sp³-hybridized carbons (Fsp3) is 0.625. The maximum Gasteiger partial charge on any atom is 0.268 e. The summed E-state index contributed by atoms with van der Waals surface area (Å²) in [4.78, 5) is 13.5. The summed E-state index contributed by atoms with van der Waals surface area (Å²) in [5.41, 5.74) is 7.72. The van der Waals surface area contributed by atoms with Crippen LogP contribution in [0.5, 0.6) is 0 Å². The molecule has 0 aliphatic heterocycles. The second-order valence-corrected chi connectivity index (χ2v) is 9.74. The molecule has 0 atom stereocenters. The number of unbranched alkanes of at least 4 members (excludes halogenated alkanes) is 2. The van der Waals surface area contributed by atoms with Crippen LogP contribution in [-0.4, -0.2) is 22.6 Å². The number of carbonyl (C=O) groups excluding carboxylic acids is 1. The van der Waals surface area contributed by atoms with Gasteiger partial charge in [0.15, 0.2) is 0 Å². The lowest BCUT2D eigenvalue weighted by Crippen LogP contribution is -2.60. The number of rotatable bonds is 7. The summed E-state index contributed by atoms with van der Waals surface area (Å²) in [6.45, 7) is 1.63. The number of aromatic nitrogens is 1. The predicted octanol–water partition coefficient (Wildman–Crippen LogP) is 4.47. The molecule has 28 heavy (non-hydrogen) atoms. The van der Waals surface area contributed by atoms with Gasteiger partial charge in [0, 0.05) is 23.0 Å². The van der Waals surface area contributed by atoms with Crippen molar-refractivity contribution >= 4 is 16.8 Å². The zero-order valence-electron chi connectivity index (χ0n) is 16.8. The summed E-state index contributed by atoms with van der Waals surface area (Å²) in [7, 11) is 0. The van der Waals surface area contributed by atoms with Crippen molar-refractivity contribution in [1.82, 2.24) is 9.88 Å². The zero-order valence-corrected chi connectivity index (χ0v) is 16.8. The van der Waals surface area contributed by atoms with Gasteiger partial charge in [-0.15, -0.1) is 0 Å². The van der Waals surface area contributed by atoms with Crippen LogP contribution in [0.3, 0.4) is 0 Å². The monoisotopic (exact) mass is 379 g/mol. The number of nitrogens with two attached hydrogens (primary N) is 1. The van der Waals surface area contributed by atoms with Crippen molar-refractivity contribution in [2.24, 2.45) is 23.5 Å². The van der Waals surface area contributed by atoms with Gasteiger partial charge in [-0.1, -0.05) is 24.6 Å². The van der Waals surface area contributed by atoms with Gasteiger partial charge in [-0.05, 0) is 87.8 Å². The molecule has 4 heteroatoms. The number of nitrogens with zero attached hydrogens (tertiary/aromatic N) is 1. The number of fused-ring (bicyclic) bond motifs is 1. The summed E-state index contributed by atoms with van der Waals surface area (Å²) in [6.07, 6.45) is 11.0. The quantitative estimate of drug-likeness (QED) is 0.697. The molecule has 0 spiro atoms. The largest absolute Gasteiger partial charge is 0.345 e. The van der Waals surface area contributed by atoms with Gasteiger partial charge in [-0.2, -0.15) is 0 Å². The topological polar surface area (TPSA) is 60.0 Å². The molecule has 4 nitrogen and oxygen atoms in total. The Morgan fingerprint density at radius 2 is 1.71 bits per heavy atom. The molecular weight excluding hydrogens is 346 g/mol. The Balaban J connectivity index is 1.40. The fourth-order valence-electron chi connectivity index (χ4n) is 6.80. The van der Waals surface area contributed by atoms with E-state index in [0.29, 0.717) is 0 Å². The Hall–Kier alpha value is -1.81. The van der Waals surface area contributed by atoms with Gasteiger partial charge < -0.3 is 15.6 Å². The van der Waals surface area contributed by atoms with Crippen molar-refractivity contribution in [2.75, 3.05) is 6.54 Å². The van der Waals surface area contributed by atoms with E-state index in [4.69, 9.17) is 5.73 Å². The standard InChI is InChI=1S/C24H33N3O/c25-8-4-1-5-9-27-21-7-3-2-6-20(21)13-22(27)23(28)26-24-14-17-10-18(15-24)12-19(11-17)16-24/h2-3,6-7,13,17-19H,1,4-5,8-12,14-16,25H2,(H,26,28). The first-order chi connectivity index (χ1) is 13.7. The lowest BCUT2D eigenvalue weighted by Gasteiger charge is -2.56. The Bertz CT molecular complexity index is 833. The number of benzene rings is 1. The van der Waals surface area contributed by atoms with E-state index in [0.717, 1.165) is 61.2 Å². The smallest absolute Gasteiger partial charge is 0.268 e. The molecule has 1 aromatic carbocycles. The second-order valence-electron chi connectivity index (χ2n) is 9.74. The molecular formula is C24H33N3O. The van der Waals surface area contributed by atoms with E-state index in [9.17, 15) is 4.79 Å². The SMILES string of the molecule is NCCCCCn1c(C(=O)NC23CC4CC(CC(C4)C2)C3)cc2ccccc21. The van der Waals surface area contributed by atoms with Gasteiger partial charge in [-0.3, -0.25) is 4.79 Å². The molecule has 1 amide bonds. The molecule has 6 rings (SSSR count). The third kappa shape index (κ3) is 3.26. The van der Waals surface area contributed by atoms with E-state index in [2.05, 4.69) is 40.2 Å². The molecule has 0 radical (unpaired) electrons. The summed E-state index contributed by atoms with van der Waals surface area (Å²) in [6, 6.07) is 10.5. The fourth-order valence-corrected chi connectivity index (χ4v) is 6.80. The Morgan fingerprint density at radius 1 is 1.04 bits per heavy atom. The minimum Gasteiger partial charge on any atom is -0.345 e. The van der Waals surface area contributed by atoms with Gasteiger partial charge >= 0.3 is 0 Å². The molecule has 150 valence electrons. The third-order valence-corrected chi connectivity index (χ3v) is 7.55. The number of hydrogen-bond donors (Lipinski definition) is 2. The number of nitrogens with one attached hydrogen (secondary N) is 1. The average Bonchev–Trinajstić information content (AvgIpc) is 3.03. The predicted molar refractivity (Wildman–Crippen MR) is 113 cm³/mol. The summed E-state index contributed by atoms with van der Waals surface area (Å²) < 4.78 is 2.24. The highest BCUT2D eigenvalue weighted by molar-refractivity contribution is 5.99. The van der Waals surface area contributed by atoms with E-state index in [-0.39, 0.29) is 11.4 Å². The highest BCUT2D eigenvalue weighted by Gasteiger charge is 2.51. The molecule has 2 aromatic rings. The average molecular weight is 380 g/mol. The Labute approximate surface area is 167 Å². The van der Waals surface area contributed by atoms with Crippen LogP contribution in [0.2, 0.25) is 0 Å². The molecule has 3 N–H and O–H groups in total. The molecule has 4 bridgehead atoms. The third-order valence-electron chi connectivity index (χ3n) is 7.55. The van der Waals surface area contributed by atoms with Crippen molar-refractivity contribution in [3.8, 4) is 0 Å². The minimum absolute atomic E-state index is 0.0622. The summed E-state index contributed by atoms with van der Waals surface area (Å²) in [5, 5.41) is 4.73. The van der Waals surface area contributed by atoms with E-state index in [1.54, 1.807) is 0 Å². The van der Waals surface area contributed by atoms with Crippen LogP contribution in [0.4, 0.5) is 0 Å². The number of para-hydroxylation sites is 1. The second kappa shape index (κ2) is 7.22. The van der Waals surface area contributed by atoms with Crippen molar-refractivity contribution in [2.45, 2.75) is 69.9 Å². The van der Waals surface area contributed by atoms with Gasteiger partial charge in [0.05, 0.1) is 0 Å². The summed E-state index contributed by atoms with van der Waals surface area (Å²) in [5.74, 6) is 2.66. The molecule has 0 unspecified atom stereocenters. The van der Waals surface area contributed by atoms with Crippen LogP contribution in [-0.2, 0) is 6.54 Å². The maximum atomic E-state index is 13.5. The Kier molecular flexibility index (Phi) is 4.70. The number of amides is 1. The molecule has 4 aliphatic carbocycles. The van der Waals surface area contributed by atoms with E-state index in [1.807, 2.05) is 0 Å². The summed E-state index contributed by atoms with van der Waals surface area (Å²) >= 11 is 0. The van der Waals surface area contributed by atoms with Crippen molar-refractivity contribution < 1.29 is 4.79 Å². The molecule has 0 saturated heterocycles. The van der Waals surface area contributed by atoms with Crippen LogP contribution < -0.4 is 11.1 Å². The lowest BCUT2D eigenvalue weighted by molar-refractivity contribution is -0.0168. The highest BCUT2D eigenvalue weighted by Crippen LogP contribution is 2.55. The number of aryl methyl sites for hydroxylation is 1. The van der Waals surface area contributed by atoms with Crippen LogP contribution >= 0.6 is 0 Å². The molecule has 4 fully saturated rings. The van der Waals surface area contributed by atoms with E-state index in [1.165, 1.54) is 44.0 Å². The van der Waals surface area contributed by atoms with Crippen LogP contribution in [0, 0.1) is 17.8 Å². The molecule has 4 saturated carbocycles. The molecule has 4 aliphatic rings. The number of carbonyl (C=O) groups is 1. The van der Waals surface area contributed by atoms with Gasteiger partial charge in [-0.25, -0.2) is 0 Å². The lowest BCUT2D eigenvalue weighted by atomic mass is 9.53. The first-order valence-electron chi connectivity index (χ1n) is 11.3. The first kappa shape index (κ1) is 18.2. The normalized spacial score (nSPS) is 30.8. The van der Waals surface area contributed by atoms with Crippen LogP contribution in [0.1, 0.15) is 68.3 Å². The van der Waals surface area contributed by atoms with Gasteiger partial charge in [0.2, 0.25) is 0 Å². The maximum absolute atomic E-state index is 13.5. The van der Waals surface area contributed by atoms with E-state index < -0.39 is 0 Å². The van der Waals surface area contributed by atoms with Crippen molar-refractivity contribution in [1.29, 1.82) is 0 Å². The molecule has 1 heterocycles. The first-order valence-corrected chi connectivity index (χ1v) is 11.3. The van der Waals surface area contributed by atoms with Crippen LogP contribution in [0.15, 0.2) is 30.3 Å². The van der Waals surface area contributed by atoms with Gasteiger partial charge in [0.1, 0.15) is 5.69 Å². The zero-order chi connectivity index (χ0) is 19.1. The minimum atomic E-state index is 0.0622. The van der Waals surface area contributed by atoms with Crippen LogP contribution in [0.25, 0.3) is 10.9 Å². The van der Waals surface area contributed by atoms with Crippen molar-refractivity contribution in [3.05, 3.63) is 36.0 Å².